The second-order valence-corrected chi connectivity index (χ2v) is 5.96. The van der Waals surface area contributed by atoms with Crippen LogP contribution in [0, 0.1) is 5.92 Å². The minimum atomic E-state index is 0.220. The van der Waals surface area contributed by atoms with Crippen LogP contribution in [0.2, 0.25) is 0 Å². The van der Waals surface area contributed by atoms with E-state index in [2.05, 4.69) is 18.7 Å². The molecule has 3 nitrogen and oxygen atoms in total. The molecular weight excluding hydrogens is 212 g/mol. The first-order valence-electron chi connectivity index (χ1n) is 7.32. The summed E-state index contributed by atoms with van der Waals surface area (Å²) in [5.41, 5.74) is 6.31. The topological polar surface area (TPSA) is 38.5 Å². The Balaban J connectivity index is 1.77. The third kappa shape index (κ3) is 3.43. The van der Waals surface area contributed by atoms with Gasteiger partial charge in [-0.25, -0.2) is 0 Å². The molecule has 17 heavy (non-hydrogen) atoms. The predicted molar refractivity (Wildman–Crippen MR) is 71.0 cm³/mol. The van der Waals surface area contributed by atoms with Crippen LogP contribution in [-0.4, -0.2) is 42.8 Å². The maximum absolute atomic E-state index is 6.31. The highest BCUT2D eigenvalue weighted by Crippen LogP contribution is 2.25. The first-order valence-corrected chi connectivity index (χ1v) is 7.32. The van der Waals surface area contributed by atoms with Gasteiger partial charge >= 0.3 is 0 Å². The van der Waals surface area contributed by atoms with Crippen molar-refractivity contribution in [3.8, 4) is 0 Å². The molecule has 4 atom stereocenters. The van der Waals surface area contributed by atoms with Crippen molar-refractivity contribution in [3.63, 3.8) is 0 Å². The molecule has 4 unspecified atom stereocenters. The SMILES string of the molecule is CCCC(C)CC(N)C1CN2CCCC2CO1. The number of rotatable bonds is 5. The Morgan fingerprint density at radius 3 is 3.06 bits per heavy atom. The van der Waals surface area contributed by atoms with Crippen LogP contribution in [0.1, 0.15) is 46.0 Å². The van der Waals surface area contributed by atoms with E-state index in [1.807, 2.05) is 0 Å². The zero-order valence-electron chi connectivity index (χ0n) is 11.4. The molecule has 2 rings (SSSR count). The first-order chi connectivity index (χ1) is 8.20. The normalized spacial score (nSPS) is 33.4. The van der Waals surface area contributed by atoms with Crippen LogP contribution in [0.4, 0.5) is 0 Å². The standard InChI is InChI=1S/C14H28N2O/c1-3-5-11(2)8-13(15)14-9-16-7-4-6-12(16)10-17-14/h11-14H,3-10,15H2,1-2H3. The molecular formula is C14H28N2O. The fourth-order valence-electron chi connectivity index (χ4n) is 3.33. The van der Waals surface area contributed by atoms with Crippen LogP contribution in [0.25, 0.3) is 0 Å². The molecule has 100 valence electrons. The minimum absolute atomic E-state index is 0.220. The number of ether oxygens (including phenoxy) is 1. The third-order valence-corrected chi connectivity index (χ3v) is 4.35. The number of hydrogen-bond acceptors (Lipinski definition) is 3. The van der Waals surface area contributed by atoms with Gasteiger partial charge in [-0.1, -0.05) is 26.7 Å². The molecule has 2 heterocycles. The number of hydrogen-bond donors (Lipinski definition) is 1. The highest BCUT2D eigenvalue weighted by molar-refractivity contribution is 4.89. The van der Waals surface area contributed by atoms with Gasteiger partial charge in [0, 0.05) is 18.6 Å². The number of nitrogens with zero attached hydrogens (tertiary/aromatic N) is 1. The van der Waals surface area contributed by atoms with E-state index in [0.717, 1.165) is 25.5 Å². The van der Waals surface area contributed by atoms with Crippen LogP contribution < -0.4 is 5.73 Å². The molecule has 2 aliphatic heterocycles. The Morgan fingerprint density at radius 1 is 1.47 bits per heavy atom. The van der Waals surface area contributed by atoms with Gasteiger partial charge in [-0.3, -0.25) is 4.90 Å². The molecule has 0 aromatic rings. The Kier molecular flexibility index (Phi) is 4.83. The maximum Gasteiger partial charge on any atom is 0.0853 e. The molecule has 2 saturated heterocycles. The van der Waals surface area contributed by atoms with Crippen molar-refractivity contribution in [1.29, 1.82) is 0 Å². The van der Waals surface area contributed by atoms with E-state index in [0.29, 0.717) is 6.04 Å². The monoisotopic (exact) mass is 240 g/mol. The van der Waals surface area contributed by atoms with E-state index in [1.165, 1.54) is 32.2 Å². The van der Waals surface area contributed by atoms with Crippen molar-refractivity contribution in [1.82, 2.24) is 4.90 Å². The van der Waals surface area contributed by atoms with E-state index in [9.17, 15) is 0 Å². The molecule has 3 heteroatoms. The average Bonchev–Trinajstić information content (AvgIpc) is 2.75. The summed E-state index contributed by atoms with van der Waals surface area (Å²) in [6, 6.07) is 0.907. The van der Waals surface area contributed by atoms with Crippen molar-refractivity contribution in [3.05, 3.63) is 0 Å². The van der Waals surface area contributed by atoms with Crippen LogP contribution >= 0.6 is 0 Å². The Morgan fingerprint density at radius 2 is 2.29 bits per heavy atom. The van der Waals surface area contributed by atoms with Crippen LogP contribution in [-0.2, 0) is 4.74 Å². The molecule has 0 spiro atoms. The van der Waals surface area contributed by atoms with E-state index in [4.69, 9.17) is 10.5 Å². The Bertz CT molecular complexity index is 234. The molecule has 0 aliphatic carbocycles. The van der Waals surface area contributed by atoms with E-state index in [-0.39, 0.29) is 12.1 Å². The lowest BCUT2D eigenvalue weighted by atomic mass is 9.94. The highest BCUT2D eigenvalue weighted by atomic mass is 16.5. The minimum Gasteiger partial charge on any atom is -0.374 e. The first kappa shape index (κ1) is 13.3. The Hall–Kier alpha value is -0.120. The molecule has 0 aromatic heterocycles. The summed E-state index contributed by atoms with van der Waals surface area (Å²) in [5.74, 6) is 0.731. The van der Waals surface area contributed by atoms with Gasteiger partial charge in [0.1, 0.15) is 0 Å². The second-order valence-electron chi connectivity index (χ2n) is 5.96. The molecule has 0 radical (unpaired) electrons. The Labute approximate surface area is 106 Å². The summed E-state index contributed by atoms with van der Waals surface area (Å²) in [5, 5.41) is 0. The van der Waals surface area contributed by atoms with Crippen molar-refractivity contribution < 1.29 is 4.74 Å². The summed E-state index contributed by atoms with van der Waals surface area (Å²) in [7, 11) is 0. The van der Waals surface area contributed by atoms with Crippen molar-refractivity contribution in [2.45, 2.75) is 64.1 Å². The van der Waals surface area contributed by atoms with Crippen LogP contribution in [0.5, 0.6) is 0 Å². The molecule has 0 saturated carbocycles. The number of fused-ring (bicyclic) bond motifs is 1. The van der Waals surface area contributed by atoms with Gasteiger partial charge in [0.15, 0.2) is 0 Å². The lowest BCUT2D eigenvalue weighted by molar-refractivity contribution is -0.0617. The van der Waals surface area contributed by atoms with Crippen molar-refractivity contribution >= 4 is 0 Å². The van der Waals surface area contributed by atoms with Gasteiger partial charge in [0.05, 0.1) is 12.7 Å². The van der Waals surface area contributed by atoms with Gasteiger partial charge in [0.25, 0.3) is 0 Å². The fourth-order valence-corrected chi connectivity index (χ4v) is 3.33. The summed E-state index contributed by atoms with van der Waals surface area (Å²) < 4.78 is 5.97. The van der Waals surface area contributed by atoms with E-state index >= 15 is 0 Å². The molecule has 2 fully saturated rings. The van der Waals surface area contributed by atoms with Gasteiger partial charge in [-0.05, 0) is 31.7 Å². The zero-order chi connectivity index (χ0) is 12.3. The zero-order valence-corrected chi connectivity index (χ0v) is 11.4. The summed E-state index contributed by atoms with van der Waals surface area (Å²) in [6.07, 6.45) is 6.57. The van der Waals surface area contributed by atoms with Crippen molar-refractivity contribution in [2.75, 3.05) is 19.7 Å². The summed E-state index contributed by atoms with van der Waals surface area (Å²) in [4.78, 5) is 2.58. The van der Waals surface area contributed by atoms with Crippen LogP contribution in [0.3, 0.4) is 0 Å². The number of nitrogens with two attached hydrogens (primary N) is 1. The van der Waals surface area contributed by atoms with Crippen LogP contribution in [0.15, 0.2) is 0 Å². The summed E-state index contributed by atoms with van der Waals surface area (Å²) >= 11 is 0. The molecule has 0 bridgehead atoms. The average molecular weight is 240 g/mol. The van der Waals surface area contributed by atoms with Gasteiger partial charge in [-0.2, -0.15) is 0 Å². The quantitative estimate of drug-likeness (QED) is 0.799. The highest BCUT2D eigenvalue weighted by Gasteiger charge is 2.34. The number of morpholine rings is 1. The second kappa shape index (κ2) is 6.17. The lowest BCUT2D eigenvalue weighted by Crippen LogP contribution is -2.53. The molecule has 0 aromatic carbocycles. The van der Waals surface area contributed by atoms with Gasteiger partial charge in [-0.15, -0.1) is 0 Å². The largest absolute Gasteiger partial charge is 0.374 e. The molecule has 2 N–H and O–H groups in total. The summed E-state index contributed by atoms with van der Waals surface area (Å²) in [6.45, 7) is 7.77. The molecule has 2 aliphatic rings. The van der Waals surface area contributed by atoms with E-state index < -0.39 is 0 Å². The van der Waals surface area contributed by atoms with Gasteiger partial charge in [0.2, 0.25) is 0 Å². The third-order valence-electron chi connectivity index (χ3n) is 4.35. The lowest BCUT2D eigenvalue weighted by Gasteiger charge is -2.38. The maximum atomic E-state index is 6.31. The predicted octanol–water partition coefficient (Wildman–Crippen LogP) is 2.00. The molecule has 0 amide bonds. The van der Waals surface area contributed by atoms with Crippen molar-refractivity contribution in [2.24, 2.45) is 11.7 Å². The fraction of sp³-hybridized carbons (Fsp3) is 1.00. The smallest absolute Gasteiger partial charge is 0.0853 e. The van der Waals surface area contributed by atoms with Gasteiger partial charge < -0.3 is 10.5 Å². The van der Waals surface area contributed by atoms with E-state index in [1.54, 1.807) is 0 Å².